The summed E-state index contributed by atoms with van der Waals surface area (Å²) in [6.07, 6.45) is 0.689. The van der Waals surface area contributed by atoms with E-state index in [1.54, 1.807) is 0 Å². The van der Waals surface area contributed by atoms with Crippen LogP contribution in [0.25, 0.3) is 0 Å². The van der Waals surface area contributed by atoms with Gasteiger partial charge in [0.1, 0.15) is 0 Å². The van der Waals surface area contributed by atoms with Gasteiger partial charge in [-0.25, -0.2) is 18.1 Å². The van der Waals surface area contributed by atoms with Gasteiger partial charge in [0.2, 0.25) is 0 Å². The van der Waals surface area contributed by atoms with E-state index >= 15 is 0 Å². The molecule has 1 aromatic rings. The Bertz CT molecular complexity index is 828. The lowest BCUT2D eigenvalue weighted by Crippen LogP contribution is -2.30. The van der Waals surface area contributed by atoms with Crippen molar-refractivity contribution in [3.63, 3.8) is 0 Å². The minimum absolute atomic E-state index is 0.0795. The van der Waals surface area contributed by atoms with E-state index in [0.29, 0.717) is 0 Å². The molecule has 0 saturated carbocycles. The van der Waals surface area contributed by atoms with Crippen LogP contribution in [0.4, 0.5) is 14.5 Å². The summed E-state index contributed by atoms with van der Waals surface area (Å²) in [6.45, 7) is -0.984. The molecule has 1 aliphatic heterocycles. The average molecular weight is 374 g/mol. The number of anilines is 1. The number of hydrogen-bond acceptors (Lipinski definition) is 7. The van der Waals surface area contributed by atoms with Crippen LogP contribution < -0.4 is 4.90 Å². The lowest BCUT2D eigenvalue weighted by atomic mass is 10.2. The van der Waals surface area contributed by atoms with Gasteiger partial charge in [0.05, 0.1) is 24.3 Å². The van der Waals surface area contributed by atoms with Crippen molar-refractivity contribution in [1.82, 2.24) is 0 Å². The van der Waals surface area contributed by atoms with E-state index in [-0.39, 0.29) is 11.3 Å². The zero-order chi connectivity index (χ0) is 18.8. The van der Waals surface area contributed by atoms with E-state index in [2.05, 4.69) is 4.74 Å². The molecule has 0 radical (unpaired) electrons. The average Bonchev–Trinajstić information content (AvgIpc) is 2.85. The molecular formula is C14H10F2NO7S-. The van der Waals surface area contributed by atoms with Crippen LogP contribution in [0.3, 0.4) is 0 Å². The third kappa shape index (κ3) is 4.06. The zero-order valence-electron chi connectivity index (χ0n) is 12.3. The second kappa shape index (κ2) is 6.69. The molecule has 0 N–H and O–H groups in total. The summed E-state index contributed by atoms with van der Waals surface area (Å²) in [6, 6.07) is 4.93. The summed E-state index contributed by atoms with van der Waals surface area (Å²) in [5.41, 5.74) is 0.115. The Morgan fingerprint density at radius 1 is 1.12 bits per heavy atom. The maximum absolute atomic E-state index is 12.9. The van der Waals surface area contributed by atoms with Crippen LogP contribution in [-0.4, -0.2) is 42.6 Å². The highest BCUT2D eigenvalue weighted by Gasteiger charge is 2.37. The molecule has 0 bridgehead atoms. The molecule has 11 heteroatoms. The number of carbonyl (C=O) groups excluding carboxylic acids is 3. The van der Waals surface area contributed by atoms with Crippen molar-refractivity contribution in [2.24, 2.45) is 0 Å². The van der Waals surface area contributed by atoms with Gasteiger partial charge in [0, 0.05) is 12.2 Å². The van der Waals surface area contributed by atoms with E-state index in [4.69, 9.17) is 0 Å². The van der Waals surface area contributed by atoms with Gasteiger partial charge in [0.25, 0.3) is 11.8 Å². The number of esters is 1. The number of amides is 2. The Morgan fingerprint density at radius 2 is 1.64 bits per heavy atom. The molecule has 1 heterocycles. The summed E-state index contributed by atoms with van der Waals surface area (Å²) in [5.74, 6) is -2.15. The van der Waals surface area contributed by atoms with Crippen LogP contribution in [0.1, 0.15) is 16.8 Å². The maximum atomic E-state index is 12.9. The van der Waals surface area contributed by atoms with Crippen molar-refractivity contribution in [1.29, 1.82) is 0 Å². The lowest BCUT2D eigenvalue weighted by molar-refractivity contribution is -0.119. The molecule has 1 aliphatic rings. The van der Waals surface area contributed by atoms with Crippen molar-refractivity contribution < 1.29 is 40.9 Å². The van der Waals surface area contributed by atoms with Gasteiger partial charge < -0.3 is 9.29 Å². The van der Waals surface area contributed by atoms with Gasteiger partial charge in [-0.15, -0.1) is 0 Å². The summed E-state index contributed by atoms with van der Waals surface area (Å²) in [5, 5.41) is -4.54. The molecule has 0 saturated heterocycles. The number of carbonyl (C=O) groups is 3. The molecule has 134 valence electrons. The first-order chi connectivity index (χ1) is 11.5. The van der Waals surface area contributed by atoms with Gasteiger partial charge in [-0.2, -0.15) is 8.78 Å². The molecule has 2 rings (SSSR count). The molecule has 2 amide bonds. The fourth-order valence-electron chi connectivity index (χ4n) is 1.87. The number of ether oxygens (including phenoxy) is 1. The molecule has 0 spiro atoms. The number of imide groups is 1. The molecule has 0 aromatic heterocycles. The number of halogens is 2. The topological polar surface area (TPSA) is 121 Å². The zero-order valence-corrected chi connectivity index (χ0v) is 13.2. The summed E-state index contributed by atoms with van der Waals surface area (Å²) >= 11 is 0. The second-order valence-corrected chi connectivity index (χ2v) is 6.37. The summed E-state index contributed by atoms with van der Waals surface area (Å²) < 4.78 is 61.2. The largest absolute Gasteiger partial charge is 0.743 e. The van der Waals surface area contributed by atoms with E-state index in [1.807, 2.05) is 0 Å². The Hall–Kier alpha value is -2.66. The Labute approximate surface area is 140 Å². The van der Waals surface area contributed by atoms with Gasteiger partial charge in [0.15, 0.2) is 10.1 Å². The molecule has 8 nitrogen and oxygen atoms in total. The first-order valence-corrected chi connectivity index (χ1v) is 8.10. The minimum Gasteiger partial charge on any atom is -0.743 e. The van der Waals surface area contributed by atoms with Crippen LogP contribution >= 0.6 is 0 Å². The highest BCUT2D eigenvalue weighted by Crippen LogP contribution is 2.25. The van der Waals surface area contributed by atoms with Crippen molar-refractivity contribution in [2.45, 2.75) is 11.7 Å². The number of nitrogens with zero attached hydrogens (tertiary/aromatic N) is 1. The quantitative estimate of drug-likeness (QED) is 0.410. The van der Waals surface area contributed by atoms with E-state index < -0.39 is 46.2 Å². The predicted octanol–water partition coefficient (Wildman–Crippen LogP) is 0.801. The monoisotopic (exact) mass is 374 g/mol. The van der Waals surface area contributed by atoms with Crippen molar-refractivity contribution in [2.75, 3.05) is 11.5 Å². The van der Waals surface area contributed by atoms with E-state index in [0.717, 1.165) is 17.1 Å². The predicted molar refractivity (Wildman–Crippen MR) is 77.6 cm³/mol. The van der Waals surface area contributed by atoms with Gasteiger partial charge in [-0.3, -0.25) is 9.59 Å². The Balaban J connectivity index is 1.97. The maximum Gasteiger partial charge on any atom is 0.338 e. The standard InChI is InChI=1S/C14H11F2NO7S/c15-14(16,25(21,22)23)7-8-24-13(20)9-1-3-10(4-2-9)17-11(18)5-6-12(17)19/h1-6H,7-8H2,(H,21,22,23)/p-1. The number of hydrogen-bond donors (Lipinski definition) is 0. The van der Waals surface area contributed by atoms with Crippen LogP contribution in [0, 0.1) is 0 Å². The lowest BCUT2D eigenvalue weighted by Gasteiger charge is -2.19. The molecule has 0 unspecified atom stereocenters. The smallest absolute Gasteiger partial charge is 0.338 e. The normalized spacial score (nSPS) is 14.9. The highest BCUT2D eigenvalue weighted by atomic mass is 32.2. The van der Waals surface area contributed by atoms with Crippen LogP contribution in [0.5, 0.6) is 0 Å². The molecule has 25 heavy (non-hydrogen) atoms. The minimum atomic E-state index is -5.84. The van der Waals surface area contributed by atoms with Crippen molar-refractivity contribution in [3.8, 4) is 0 Å². The van der Waals surface area contributed by atoms with Crippen molar-refractivity contribution in [3.05, 3.63) is 42.0 Å². The highest BCUT2D eigenvalue weighted by molar-refractivity contribution is 7.86. The van der Waals surface area contributed by atoms with Crippen molar-refractivity contribution >= 4 is 33.6 Å². The molecule has 0 atom stereocenters. The fourth-order valence-corrected chi connectivity index (χ4v) is 2.21. The number of benzene rings is 1. The third-order valence-corrected chi connectivity index (χ3v) is 4.10. The second-order valence-electron chi connectivity index (χ2n) is 4.87. The number of alkyl halides is 2. The van der Waals surface area contributed by atoms with Crippen LogP contribution in [0.15, 0.2) is 36.4 Å². The molecular weight excluding hydrogens is 364 g/mol. The molecule has 0 fully saturated rings. The first kappa shape index (κ1) is 18.7. The van der Waals surface area contributed by atoms with E-state index in [1.165, 1.54) is 24.3 Å². The SMILES string of the molecule is O=C(OCCC(F)(F)S(=O)(=O)[O-])c1ccc(N2C(=O)C=CC2=O)cc1. The van der Waals surface area contributed by atoms with E-state index in [9.17, 15) is 36.1 Å². The fraction of sp³-hybridized carbons (Fsp3) is 0.214. The molecule has 1 aromatic carbocycles. The van der Waals surface area contributed by atoms with Crippen LogP contribution in [0.2, 0.25) is 0 Å². The molecule has 0 aliphatic carbocycles. The number of rotatable bonds is 6. The Kier molecular flexibility index (Phi) is 4.99. The third-order valence-electron chi connectivity index (χ3n) is 3.16. The summed E-state index contributed by atoms with van der Waals surface area (Å²) in [4.78, 5) is 35.5. The van der Waals surface area contributed by atoms with Gasteiger partial charge in [-0.1, -0.05) is 0 Å². The van der Waals surface area contributed by atoms with Gasteiger partial charge in [-0.05, 0) is 24.3 Å². The first-order valence-electron chi connectivity index (χ1n) is 6.69. The Morgan fingerprint density at radius 3 is 2.12 bits per heavy atom. The van der Waals surface area contributed by atoms with Gasteiger partial charge >= 0.3 is 11.2 Å². The van der Waals surface area contributed by atoms with Crippen LogP contribution in [-0.2, 0) is 24.4 Å². The summed E-state index contributed by atoms with van der Waals surface area (Å²) in [7, 11) is -5.84.